The van der Waals surface area contributed by atoms with Crippen molar-refractivity contribution in [3.05, 3.63) is 0 Å². The molecular weight excluding hydrogens is 326 g/mol. The van der Waals surface area contributed by atoms with Crippen LogP contribution < -0.4 is 0 Å². The van der Waals surface area contributed by atoms with Gasteiger partial charge >= 0.3 is 11.9 Å². The Morgan fingerprint density at radius 2 is 1.08 bits per heavy atom. The molecule has 1 atom stereocenters. The van der Waals surface area contributed by atoms with Crippen molar-refractivity contribution in [2.75, 3.05) is 0 Å². The quantitative estimate of drug-likeness (QED) is 0.314. The van der Waals surface area contributed by atoms with Gasteiger partial charge in [0.05, 0.1) is 12.3 Å². The zero-order valence-electron chi connectivity index (χ0n) is 16.2. The molecule has 24 heavy (non-hydrogen) atoms. The number of carboxylic acid groups (broad SMARTS) is 2. The summed E-state index contributed by atoms with van der Waals surface area (Å²) in [5.74, 6) is -2.72. The van der Waals surface area contributed by atoms with E-state index in [2.05, 4.69) is 6.92 Å². The number of hydrogen-bond acceptors (Lipinski definition) is 2. The normalized spacial score (nSPS) is 11.2. The van der Waals surface area contributed by atoms with Crippen LogP contribution in [-0.2, 0) is 9.59 Å². The van der Waals surface area contributed by atoms with Crippen molar-refractivity contribution in [3.8, 4) is 0 Å². The van der Waals surface area contributed by atoms with E-state index in [1.54, 1.807) is 0 Å². The Morgan fingerprint density at radius 3 is 1.42 bits per heavy atom. The molecule has 0 aromatic carbocycles. The van der Waals surface area contributed by atoms with Crippen LogP contribution in [0.15, 0.2) is 0 Å². The first-order valence-electron chi connectivity index (χ1n) is 9.02. The monoisotopic (exact) mass is 360 g/mol. The van der Waals surface area contributed by atoms with Gasteiger partial charge in [0.15, 0.2) is 0 Å². The predicted octanol–water partition coefficient (Wildman–Crippen LogP) is 4.49. The van der Waals surface area contributed by atoms with Gasteiger partial charge in [-0.2, -0.15) is 0 Å². The summed E-state index contributed by atoms with van der Waals surface area (Å²) in [5, 5.41) is 17.6. The summed E-state index contributed by atoms with van der Waals surface area (Å²) < 4.78 is 0. The molecule has 2 radical (unpaired) electrons. The van der Waals surface area contributed by atoms with Crippen LogP contribution in [-0.4, -0.2) is 81.3 Å². The molecule has 0 aromatic heterocycles. The fourth-order valence-corrected chi connectivity index (χ4v) is 2.76. The summed E-state index contributed by atoms with van der Waals surface area (Å²) in [7, 11) is 0. The van der Waals surface area contributed by atoms with Crippen LogP contribution in [0.2, 0.25) is 0 Å². The third kappa shape index (κ3) is 21.0. The van der Waals surface area contributed by atoms with E-state index >= 15 is 0 Å². The van der Waals surface area contributed by atoms with Crippen molar-refractivity contribution in [2.45, 2.75) is 96.8 Å². The fraction of sp³-hybridized carbons (Fsp3) is 0.889. The molecule has 1 unspecified atom stereocenters. The van der Waals surface area contributed by atoms with Crippen LogP contribution in [0.1, 0.15) is 96.8 Å². The molecule has 6 heteroatoms. The second-order valence-corrected chi connectivity index (χ2v) is 6.31. The standard InChI is InChI=1S/C18H34O4.2Na/c1-2-3-4-5-6-7-8-9-10-11-12-13-14-16(18(21)22)15-17(19)20;;/h16H,2-15H2,1H3,(H,19,20)(H,21,22);;. The van der Waals surface area contributed by atoms with Crippen molar-refractivity contribution in [3.63, 3.8) is 0 Å². The van der Waals surface area contributed by atoms with E-state index in [9.17, 15) is 9.59 Å². The van der Waals surface area contributed by atoms with E-state index in [4.69, 9.17) is 10.2 Å². The van der Waals surface area contributed by atoms with E-state index in [-0.39, 0.29) is 65.5 Å². The Kier molecular flexibility index (Phi) is 27.2. The van der Waals surface area contributed by atoms with Gasteiger partial charge in [-0.1, -0.05) is 84.0 Å². The molecule has 0 aromatic rings. The van der Waals surface area contributed by atoms with Crippen LogP contribution >= 0.6 is 0 Å². The molecule has 0 fully saturated rings. The molecule has 4 nitrogen and oxygen atoms in total. The maximum Gasteiger partial charge on any atom is 0.307 e. The molecule has 0 aliphatic rings. The Labute approximate surface area is 192 Å². The van der Waals surface area contributed by atoms with Gasteiger partial charge in [0, 0.05) is 59.1 Å². The van der Waals surface area contributed by atoms with Crippen molar-refractivity contribution >= 4 is 71.1 Å². The fourth-order valence-electron chi connectivity index (χ4n) is 2.76. The summed E-state index contributed by atoms with van der Waals surface area (Å²) in [6, 6.07) is 0. The van der Waals surface area contributed by atoms with Gasteiger partial charge in [-0.3, -0.25) is 9.59 Å². The molecule has 0 spiro atoms. The van der Waals surface area contributed by atoms with Crippen LogP contribution in [0.5, 0.6) is 0 Å². The Balaban J connectivity index is -0.00000220. The van der Waals surface area contributed by atoms with Gasteiger partial charge in [-0.25, -0.2) is 0 Å². The first-order valence-corrected chi connectivity index (χ1v) is 9.02. The zero-order valence-corrected chi connectivity index (χ0v) is 20.2. The first kappa shape index (κ1) is 29.7. The topological polar surface area (TPSA) is 74.6 Å². The summed E-state index contributed by atoms with van der Waals surface area (Å²) in [6.45, 7) is 2.24. The van der Waals surface area contributed by atoms with Crippen LogP contribution in [0.25, 0.3) is 0 Å². The number of hydrogen-bond donors (Lipinski definition) is 2. The molecule has 0 rings (SSSR count). The number of carbonyl (C=O) groups is 2. The molecular formula is C18H34Na2O4. The third-order valence-corrected chi connectivity index (χ3v) is 4.18. The van der Waals surface area contributed by atoms with Gasteiger partial charge in [-0.15, -0.1) is 0 Å². The molecule has 0 bridgehead atoms. The minimum atomic E-state index is -1.02. The van der Waals surface area contributed by atoms with Crippen LogP contribution in [0.3, 0.4) is 0 Å². The van der Waals surface area contributed by atoms with Crippen molar-refractivity contribution < 1.29 is 19.8 Å². The molecule has 0 saturated carbocycles. The second kappa shape index (κ2) is 22.0. The summed E-state index contributed by atoms with van der Waals surface area (Å²) in [6.07, 6.45) is 15.1. The summed E-state index contributed by atoms with van der Waals surface area (Å²) >= 11 is 0. The smallest absolute Gasteiger partial charge is 0.307 e. The number of unbranched alkanes of at least 4 members (excludes halogenated alkanes) is 11. The number of rotatable bonds is 16. The average Bonchev–Trinajstić information content (AvgIpc) is 2.46. The Morgan fingerprint density at radius 1 is 0.708 bits per heavy atom. The van der Waals surface area contributed by atoms with Crippen LogP contribution in [0.4, 0.5) is 0 Å². The van der Waals surface area contributed by atoms with E-state index in [1.165, 1.54) is 57.8 Å². The van der Waals surface area contributed by atoms with E-state index in [0.717, 1.165) is 19.3 Å². The van der Waals surface area contributed by atoms with Gasteiger partial charge in [0.25, 0.3) is 0 Å². The Bertz CT molecular complexity index is 299. The van der Waals surface area contributed by atoms with Gasteiger partial charge in [0.2, 0.25) is 0 Å². The maximum atomic E-state index is 10.9. The molecule has 0 aliphatic heterocycles. The van der Waals surface area contributed by atoms with Gasteiger partial charge in [0.1, 0.15) is 0 Å². The van der Waals surface area contributed by atoms with Gasteiger partial charge < -0.3 is 10.2 Å². The minimum absolute atomic E-state index is 0. The molecule has 0 aliphatic carbocycles. The largest absolute Gasteiger partial charge is 0.481 e. The molecule has 0 amide bonds. The predicted molar refractivity (Wildman–Crippen MR) is 101 cm³/mol. The second-order valence-electron chi connectivity index (χ2n) is 6.31. The zero-order chi connectivity index (χ0) is 16.6. The molecule has 132 valence electrons. The first-order chi connectivity index (χ1) is 10.6. The van der Waals surface area contributed by atoms with E-state index in [1.807, 2.05) is 0 Å². The number of carboxylic acids is 2. The van der Waals surface area contributed by atoms with Crippen molar-refractivity contribution in [2.24, 2.45) is 5.92 Å². The third-order valence-electron chi connectivity index (χ3n) is 4.18. The van der Waals surface area contributed by atoms with E-state index < -0.39 is 17.9 Å². The number of aliphatic carboxylic acids is 2. The Hall–Kier alpha value is 0.940. The average molecular weight is 360 g/mol. The van der Waals surface area contributed by atoms with Crippen molar-refractivity contribution in [1.29, 1.82) is 0 Å². The molecule has 0 saturated heterocycles. The van der Waals surface area contributed by atoms with Gasteiger partial charge in [-0.05, 0) is 6.42 Å². The van der Waals surface area contributed by atoms with Crippen molar-refractivity contribution in [1.82, 2.24) is 0 Å². The summed E-state index contributed by atoms with van der Waals surface area (Å²) in [4.78, 5) is 21.5. The van der Waals surface area contributed by atoms with E-state index in [0.29, 0.717) is 6.42 Å². The maximum absolute atomic E-state index is 10.9. The minimum Gasteiger partial charge on any atom is -0.481 e. The molecule has 0 heterocycles. The molecule has 2 N–H and O–H groups in total. The van der Waals surface area contributed by atoms with Crippen LogP contribution in [0, 0.1) is 5.92 Å². The summed E-state index contributed by atoms with van der Waals surface area (Å²) in [5.41, 5.74) is 0. The SMILES string of the molecule is CCCCCCCCCCCCCCC(CC(=O)O)C(=O)O.[Na].[Na].